The van der Waals surface area contributed by atoms with Crippen LogP contribution in [-0.4, -0.2) is 16.7 Å². The van der Waals surface area contributed by atoms with Crippen LogP contribution in [0.15, 0.2) is 53.6 Å². The first-order valence-electron chi connectivity index (χ1n) is 7.19. The molecule has 2 rings (SSSR count). The predicted molar refractivity (Wildman–Crippen MR) is 98.7 cm³/mol. The SMILES string of the molecule is CC(=O)Nc1cccc(/C(C)=N\NC(=S)Nc2ccc(F)cc2)c1. The van der Waals surface area contributed by atoms with Gasteiger partial charge in [-0.3, -0.25) is 10.2 Å². The fourth-order valence-corrected chi connectivity index (χ4v) is 2.08. The molecule has 0 heterocycles. The van der Waals surface area contributed by atoms with Crippen LogP contribution in [0.2, 0.25) is 0 Å². The highest BCUT2D eigenvalue weighted by Gasteiger charge is 2.02. The molecule has 0 radical (unpaired) electrons. The summed E-state index contributed by atoms with van der Waals surface area (Å²) in [6, 6.07) is 13.2. The first kappa shape index (κ1) is 17.6. The van der Waals surface area contributed by atoms with E-state index in [9.17, 15) is 9.18 Å². The first-order valence-corrected chi connectivity index (χ1v) is 7.60. The summed E-state index contributed by atoms with van der Waals surface area (Å²) < 4.78 is 12.9. The topological polar surface area (TPSA) is 65.5 Å². The van der Waals surface area contributed by atoms with Crippen molar-refractivity contribution in [3.8, 4) is 0 Å². The smallest absolute Gasteiger partial charge is 0.221 e. The normalized spacial score (nSPS) is 10.9. The number of hydrazone groups is 1. The molecule has 3 N–H and O–H groups in total. The van der Waals surface area contributed by atoms with E-state index in [-0.39, 0.29) is 11.7 Å². The largest absolute Gasteiger partial charge is 0.331 e. The molecule has 124 valence electrons. The van der Waals surface area contributed by atoms with Crippen LogP contribution >= 0.6 is 12.2 Å². The number of hydrogen-bond acceptors (Lipinski definition) is 3. The monoisotopic (exact) mass is 344 g/mol. The Balaban J connectivity index is 1.99. The fourth-order valence-electron chi connectivity index (χ4n) is 1.92. The number of carbonyl (C=O) groups is 1. The van der Waals surface area contributed by atoms with Crippen molar-refractivity contribution in [3.05, 3.63) is 59.9 Å². The van der Waals surface area contributed by atoms with Crippen LogP contribution in [0.3, 0.4) is 0 Å². The van der Waals surface area contributed by atoms with Crippen molar-refractivity contribution in [2.24, 2.45) is 5.10 Å². The summed E-state index contributed by atoms with van der Waals surface area (Å²) in [5.41, 5.74) is 5.63. The Labute approximate surface area is 145 Å². The van der Waals surface area contributed by atoms with Crippen LogP contribution in [0, 0.1) is 5.82 Å². The van der Waals surface area contributed by atoms with E-state index in [2.05, 4.69) is 21.2 Å². The number of carbonyl (C=O) groups excluding carboxylic acids is 1. The number of halogens is 1. The molecular weight excluding hydrogens is 327 g/mol. The minimum atomic E-state index is -0.313. The molecule has 24 heavy (non-hydrogen) atoms. The molecule has 0 atom stereocenters. The van der Waals surface area contributed by atoms with Crippen molar-refractivity contribution in [3.63, 3.8) is 0 Å². The number of benzene rings is 2. The second-order valence-corrected chi connectivity index (χ2v) is 5.44. The maximum atomic E-state index is 12.9. The number of nitrogens with one attached hydrogen (secondary N) is 3. The average molecular weight is 344 g/mol. The molecule has 0 unspecified atom stereocenters. The maximum absolute atomic E-state index is 12.9. The van der Waals surface area contributed by atoms with Gasteiger partial charge < -0.3 is 10.6 Å². The third-order valence-electron chi connectivity index (χ3n) is 3.03. The zero-order valence-corrected chi connectivity index (χ0v) is 14.1. The van der Waals surface area contributed by atoms with Gasteiger partial charge in [-0.05, 0) is 61.1 Å². The quantitative estimate of drug-likeness (QED) is 0.451. The Kier molecular flexibility index (Phi) is 5.97. The van der Waals surface area contributed by atoms with Gasteiger partial charge in [-0.2, -0.15) is 5.10 Å². The lowest BCUT2D eigenvalue weighted by atomic mass is 10.1. The summed E-state index contributed by atoms with van der Waals surface area (Å²) in [4.78, 5) is 11.1. The molecule has 0 bridgehead atoms. The number of anilines is 2. The highest BCUT2D eigenvalue weighted by Crippen LogP contribution is 2.11. The Morgan fingerprint density at radius 2 is 1.75 bits per heavy atom. The first-order chi connectivity index (χ1) is 11.4. The molecule has 0 aliphatic carbocycles. The van der Waals surface area contributed by atoms with Crippen molar-refractivity contribution in [1.29, 1.82) is 0 Å². The van der Waals surface area contributed by atoms with E-state index in [1.807, 2.05) is 25.1 Å². The summed E-state index contributed by atoms with van der Waals surface area (Å²) in [5.74, 6) is -0.447. The van der Waals surface area contributed by atoms with E-state index in [1.165, 1.54) is 19.1 Å². The van der Waals surface area contributed by atoms with Gasteiger partial charge in [0.05, 0.1) is 5.71 Å². The second kappa shape index (κ2) is 8.16. The van der Waals surface area contributed by atoms with E-state index in [0.29, 0.717) is 22.2 Å². The summed E-state index contributed by atoms with van der Waals surface area (Å²) in [5, 5.41) is 10.1. The van der Waals surface area contributed by atoms with Crippen LogP contribution < -0.4 is 16.1 Å². The summed E-state index contributed by atoms with van der Waals surface area (Å²) in [7, 11) is 0. The third-order valence-corrected chi connectivity index (χ3v) is 3.22. The van der Waals surface area contributed by atoms with E-state index in [1.54, 1.807) is 18.2 Å². The highest BCUT2D eigenvalue weighted by molar-refractivity contribution is 7.80. The molecule has 0 spiro atoms. The van der Waals surface area contributed by atoms with Crippen LogP contribution in [0.5, 0.6) is 0 Å². The molecule has 2 aromatic rings. The van der Waals surface area contributed by atoms with Gasteiger partial charge in [0, 0.05) is 18.3 Å². The van der Waals surface area contributed by atoms with E-state index >= 15 is 0 Å². The van der Waals surface area contributed by atoms with Gasteiger partial charge in [0.1, 0.15) is 5.82 Å². The lowest BCUT2D eigenvalue weighted by molar-refractivity contribution is -0.114. The number of rotatable bonds is 4. The van der Waals surface area contributed by atoms with Gasteiger partial charge in [-0.25, -0.2) is 4.39 Å². The molecular formula is C17H17FN4OS. The van der Waals surface area contributed by atoms with Crippen molar-refractivity contribution in [1.82, 2.24) is 5.43 Å². The van der Waals surface area contributed by atoms with Gasteiger partial charge in [0.15, 0.2) is 5.11 Å². The van der Waals surface area contributed by atoms with E-state index in [4.69, 9.17) is 12.2 Å². The Bertz CT molecular complexity index is 774. The van der Waals surface area contributed by atoms with Crippen LogP contribution in [0.25, 0.3) is 0 Å². The Morgan fingerprint density at radius 1 is 1.04 bits per heavy atom. The van der Waals surface area contributed by atoms with Gasteiger partial charge >= 0.3 is 0 Å². The zero-order chi connectivity index (χ0) is 17.5. The highest BCUT2D eigenvalue weighted by atomic mass is 32.1. The van der Waals surface area contributed by atoms with Gasteiger partial charge in [-0.1, -0.05) is 12.1 Å². The number of amides is 1. The molecule has 0 saturated heterocycles. The Hall–Kier alpha value is -2.80. The van der Waals surface area contributed by atoms with Crippen LogP contribution in [-0.2, 0) is 4.79 Å². The average Bonchev–Trinajstić information content (AvgIpc) is 2.54. The molecule has 1 amide bonds. The lowest BCUT2D eigenvalue weighted by Crippen LogP contribution is -2.25. The summed E-state index contributed by atoms with van der Waals surface area (Å²) >= 11 is 5.14. The van der Waals surface area contributed by atoms with E-state index < -0.39 is 0 Å². The number of nitrogens with zero attached hydrogens (tertiary/aromatic N) is 1. The van der Waals surface area contributed by atoms with Gasteiger partial charge in [-0.15, -0.1) is 0 Å². The standard InChI is InChI=1S/C17H17FN4OS/c1-11(13-4-3-5-16(10-13)19-12(2)23)21-22-17(24)20-15-8-6-14(18)7-9-15/h3-10H,1-2H3,(H,19,23)(H2,20,22,24)/b21-11-. The maximum Gasteiger partial charge on any atom is 0.221 e. The zero-order valence-electron chi connectivity index (χ0n) is 13.3. The third kappa shape index (κ3) is 5.44. The minimum absolute atomic E-state index is 0.135. The lowest BCUT2D eigenvalue weighted by Gasteiger charge is -2.09. The number of thiocarbonyl (C=S) groups is 1. The molecule has 7 heteroatoms. The molecule has 0 aliphatic heterocycles. The van der Waals surface area contributed by atoms with Crippen molar-refractivity contribution < 1.29 is 9.18 Å². The van der Waals surface area contributed by atoms with Crippen LogP contribution in [0.4, 0.5) is 15.8 Å². The van der Waals surface area contributed by atoms with Crippen LogP contribution in [0.1, 0.15) is 19.4 Å². The van der Waals surface area contributed by atoms with Gasteiger partial charge in [0.2, 0.25) is 5.91 Å². The molecule has 0 saturated carbocycles. The number of hydrogen-bond donors (Lipinski definition) is 3. The molecule has 0 aliphatic rings. The molecule has 0 fully saturated rings. The van der Waals surface area contributed by atoms with E-state index in [0.717, 1.165) is 5.56 Å². The van der Waals surface area contributed by atoms with Crippen molar-refractivity contribution >= 4 is 40.3 Å². The molecule has 0 aromatic heterocycles. The fraction of sp³-hybridized carbons (Fsp3) is 0.118. The predicted octanol–water partition coefficient (Wildman–Crippen LogP) is 3.49. The second-order valence-electron chi connectivity index (χ2n) is 5.03. The van der Waals surface area contributed by atoms with Crippen molar-refractivity contribution in [2.75, 3.05) is 10.6 Å². The molecule has 2 aromatic carbocycles. The molecule has 5 nitrogen and oxygen atoms in total. The minimum Gasteiger partial charge on any atom is -0.331 e. The van der Waals surface area contributed by atoms with Crippen molar-refractivity contribution in [2.45, 2.75) is 13.8 Å². The summed E-state index contributed by atoms with van der Waals surface area (Å²) in [6.07, 6.45) is 0. The summed E-state index contributed by atoms with van der Waals surface area (Å²) in [6.45, 7) is 3.27. The van der Waals surface area contributed by atoms with Gasteiger partial charge in [0.25, 0.3) is 0 Å². The Morgan fingerprint density at radius 3 is 2.42 bits per heavy atom.